The molecule has 1 aromatic heterocycles. The molecule has 1 heterocycles. The van der Waals surface area contributed by atoms with Gasteiger partial charge >= 0.3 is 0 Å². The van der Waals surface area contributed by atoms with E-state index in [9.17, 15) is 4.79 Å². The molecule has 1 aromatic rings. The first kappa shape index (κ1) is 12.8. The molecule has 1 N–H and O–H groups in total. The van der Waals surface area contributed by atoms with Gasteiger partial charge in [-0.1, -0.05) is 13.8 Å². The Balaban J connectivity index is 2.62. The first-order valence-electron chi connectivity index (χ1n) is 5.03. The summed E-state index contributed by atoms with van der Waals surface area (Å²) in [5.41, 5.74) is 0.644. The van der Waals surface area contributed by atoms with Gasteiger partial charge in [-0.05, 0) is 12.0 Å². The second-order valence-corrected chi connectivity index (χ2v) is 4.32. The number of thiol groups is 1. The Labute approximate surface area is 101 Å². The molecular weight excluding hydrogens is 224 g/mol. The normalized spacial score (nSPS) is 12.3. The zero-order chi connectivity index (χ0) is 12.1. The van der Waals surface area contributed by atoms with Gasteiger partial charge in [-0.25, -0.2) is 4.98 Å². The number of carbonyl (C=O) groups excluding carboxylic acids is 1. The Hall–Kier alpha value is -1.23. The molecule has 1 atom stereocenters. The van der Waals surface area contributed by atoms with Gasteiger partial charge in [0.2, 0.25) is 11.8 Å². The van der Waals surface area contributed by atoms with Crippen molar-refractivity contribution in [2.75, 3.05) is 12.4 Å². The topological polar surface area (TPSA) is 51.2 Å². The van der Waals surface area contributed by atoms with Crippen LogP contribution in [-0.4, -0.2) is 23.3 Å². The molecule has 0 fully saturated rings. The van der Waals surface area contributed by atoms with E-state index in [4.69, 9.17) is 4.74 Å². The molecule has 0 aliphatic rings. The zero-order valence-electron chi connectivity index (χ0n) is 9.60. The van der Waals surface area contributed by atoms with Gasteiger partial charge < -0.3 is 10.1 Å². The number of hydrogen-bond acceptors (Lipinski definition) is 4. The molecule has 1 rings (SSSR count). The lowest BCUT2D eigenvalue weighted by Gasteiger charge is -2.14. The van der Waals surface area contributed by atoms with Gasteiger partial charge in [-0.2, -0.15) is 12.6 Å². The lowest BCUT2D eigenvalue weighted by molar-refractivity contribution is -0.116. The number of pyridine rings is 1. The van der Waals surface area contributed by atoms with E-state index >= 15 is 0 Å². The third kappa shape index (κ3) is 3.41. The van der Waals surface area contributed by atoms with Gasteiger partial charge in [-0.15, -0.1) is 0 Å². The fraction of sp³-hybridized carbons (Fsp3) is 0.455. The number of ether oxygens (including phenoxy) is 1. The van der Waals surface area contributed by atoms with E-state index in [1.54, 1.807) is 25.4 Å². The van der Waals surface area contributed by atoms with Crippen LogP contribution in [0.3, 0.4) is 0 Å². The van der Waals surface area contributed by atoms with Gasteiger partial charge in [0, 0.05) is 6.07 Å². The van der Waals surface area contributed by atoms with E-state index < -0.39 is 0 Å². The van der Waals surface area contributed by atoms with Crippen LogP contribution in [0.25, 0.3) is 0 Å². The van der Waals surface area contributed by atoms with Gasteiger partial charge in [-0.3, -0.25) is 4.79 Å². The summed E-state index contributed by atoms with van der Waals surface area (Å²) >= 11 is 4.23. The summed E-state index contributed by atoms with van der Waals surface area (Å²) in [6.45, 7) is 3.90. The van der Waals surface area contributed by atoms with Crippen LogP contribution in [0.5, 0.6) is 5.88 Å². The third-order valence-electron chi connectivity index (χ3n) is 2.11. The smallest absolute Gasteiger partial charge is 0.237 e. The SMILES string of the molecule is COc1ccc(NC(=O)C(S)C(C)C)cn1. The fourth-order valence-corrected chi connectivity index (χ4v) is 1.16. The molecule has 0 aliphatic heterocycles. The number of anilines is 1. The number of methoxy groups -OCH3 is 1. The Kier molecular flexibility index (Phi) is 4.61. The predicted molar refractivity (Wildman–Crippen MR) is 67.0 cm³/mol. The number of nitrogens with one attached hydrogen (secondary N) is 1. The Morgan fingerprint density at radius 2 is 2.19 bits per heavy atom. The van der Waals surface area contributed by atoms with E-state index in [0.717, 1.165) is 0 Å². The van der Waals surface area contributed by atoms with E-state index in [0.29, 0.717) is 11.6 Å². The van der Waals surface area contributed by atoms with E-state index in [1.807, 2.05) is 13.8 Å². The largest absolute Gasteiger partial charge is 0.481 e. The van der Waals surface area contributed by atoms with Crippen molar-refractivity contribution in [3.63, 3.8) is 0 Å². The van der Waals surface area contributed by atoms with Crippen LogP contribution in [-0.2, 0) is 4.79 Å². The number of amides is 1. The molecule has 16 heavy (non-hydrogen) atoms. The number of hydrogen-bond donors (Lipinski definition) is 2. The summed E-state index contributed by atoms with van der Waals surface area (Å²) in [6.07, 6.45) is 1.55. The molecule has 88 valence electrons. The maximum Gasteiger partial charge on any atom is 0.237 e. The summed E-state index contributed by atoms with van der Waals surface area (Å²) in [5.74, 6) is 0.587. The maximum absolute atomic E-state index is 11.7. The molecule has 0 aromatic carbocycles. The van der Waals surface area contributed by atoms with Crippen LogP contribution in [0, 0.1) is 5.92 Å². The summed E-state index contributed by atoms with van der Waals surface area (Å²) in [7, 11) is 1.54. The highest BCUT2D eigenvalue weighted by molar-refractivity contribution is 7.81. The lowest BCUT2D eigenvalue weighted by Crippen LogP contribution is -2.27. The quantitative estimate of drug-likeness (QED) is 0.791. The highest BCUT2D eigenvalue weighted by Gasteiger charge is 2.17. The summed E-state index contributed by atoms with van der Waals surface area (Å²) in [5, 5.41) is 2.42. The van der Waals surface area contributed by atoms with E-state index in [1.165, 1.54) is 0 Å². The predicted octanol–water partition coefficient (Wildman–Crippen LogP) is 1.98. The Morgan fingerprint density at radius 3 is 2.62 bits per heavy atom. The van der Waals surface area contributed by atoms with Crippen LogP contribution in [0.1, 0.15) is 13.8 Å². The van der Waals surface area contributed by atoms with Crippen molar-refractivity contribution >= 4 is 24.2 Å². The van der Waals surface area contributed by atoms with Crippen molar-refractivity contribution in [3.05, 3.63) is 18.3 Å². The van der Waals surface area contributed by atoms with Crippen LogP contribution in [0.15, 0.2) is 18.3 Å². The molecule has 0 radical (unpaired) electrons. The summed E-state index contributed by atoms with van der Waals surface area (Å²) in [6, 6.07) is 3.43. The molecule has 1 unspecified atom stereocenters. The van der Waals surface area contributed by atoms with Crippen LogP contribution < -0.4 is 10.1 Å². The van der Waals surface area contributed by atoms with Crippen LogP contribution in [0.2, 0.25) is 0 Å². The van der Waals surface area contributed by atoms with Crippen LogP contribution >= 0.6 is 12.6 Å². The van der Waals surface area contributed by atoms with Crippen molar-refractivity contribution in [1.82, 2.24) is 4.98 Å². The van der Waals surface area contributed by atoms with Crippen molar-refractivity contribution in [2.45, 2.75) is 19.1 Å². The standard InChI is InChI=1S/C11H16N2O2S/c1-7(2)10(16)11(14)13-8-4-5-9(15-3)12-6-8/h4-7,10,16H,1-3H3,(H,13,14). The van der Waals surface area contributed by atoms with Gasteiger partial charge in [0.1, 0.15) is 0 Å². The van der Waals surface area contributed by atoms with Gasteiger partial charge in [0.15, 0.2) is 0 Å². The minimum atomic E-state index is -0.317. The third-order valence-corrected chi connectivity index (χ3v) is 2.94. The van der Waals surface area contributed by atoms with Crippen LogP contribution in [0.4, 0.5) is 5.69 Å². The molecule has 0 spiro atoms. The number of aromatic nitrogens is 1. The maximum atomic E-state index is 11.7. The van der Waals surface area contributed by atoms with Crippen molar-refractivity contribution in [2.24, 2.45) is 5.92 Å². The van der Waals surface area contributed by atoms with Gasteiger partial charge in [0.05, 0.1) is 24.2 Å². The molecule has 0 saturated heterocycles. The monoisotopic (exact) mass is 240 g/mol. The molecular formula is C11H16N2O2S. The number of nitrogens with zero attached hydrogens (tertiary/aromatic N) is 1. The first-order chi connectivity index (χ1) is 7.54. The van der Waals surface area contributed by atoms with E-state index in [-0.39, 0.29) is 17.1 Å². The fourth-order valence-electron chi connectivity index (χ4n) is 1.09. The van der Waals surface area contributed by atoms with Crippen molar-refractivity contribution in [1.29, 1.82) is 0 Å². The van der Waals surface area contributed by atoms with Gasteiger partial charge in [0.25, 0.3) is 0 Å². The zero-order valence-corrected chi connectivity index (χ0v) is 10.5. The lowest BCUT2D eigenvalue weighted by atomic mass is 10.1. The first-order valence-corrected chi connectivity index (χ1v) is 5.55. The molecule has 0 saturated carbocycles. The Bertz CT molecular complexity index is 352. The number of carbonyl (C=O) groups is 1. The molecule has 4 nitrogen and oxygen atoms in total. The molecule has 0 aliphatic carbocycles. The Morgan fingerprint density at radius 1 is 1.50 bits per heavy atom. The van der Waals surface area contributed by atoms with Crippen molar-refractivity contribution < 1.29 is 9.53 Å². The number of rotatable bonds is 4. The average molecular weight is 240 g/mol. The van der Waals surface area contributed by atoms with Crippen molar-refractivity contribution in [3.8, 4) is 5.88 Å². The summed E-state index contributed by atoms with van der Waals surface area (Å²) in [4.78, 5) is 15.7. The molecule has 0 bridgehead atoms. The highest BCUT2D eigenvalue weighted by atomic mass is 32.1. The minimum Gasteiger partial charge on any atom is -0.481 e. The van der Waals surface area contributed by atoms with E-state index in [2.05, 4.69) is 22.9 Å². The minimum absolute atomic E-state index is 0.120. The second-order valence-electron chi connectivity index (χ2n) is 3.77. The molecule has 1 amide bonds. The summed E-state index contributed by atoms with van der Waals surface area (Å²) < 4.78 is 4.92. The highest BCUT2D eigenvalue weighted by Crippen LogP contribution is 2.14. The second kappa shape index (κ2) is 5.75. The molecule has 5 heteroatoms. The average Bonchev–Trinajstić information content (AvgIpc) is 2.28.